The van der Waals surface area contributed by atoms with E-state index in [2.05, 4.69) is 15.9 Å². The minimum atomic E-state index is -3.43. The molecule has 0 aliphatic heterocycles. The van der Waals surface area contributed by atoms with Gasteiger partial charge in [0.15, 0.2) is 0 Å². The van der Waals surface area contributed by atoms with Crippen LogP contribution in [0.1, 0.15) is 6.42 Å². The predicted molar refractivity (Wildman–Crippen MR) is 59.3 cm³/mol. The van der Waals surface area contributed by atoms with Crippen LogP contribution < -0.4 is 4.18 Å². The van der Waals surface area contributed by atoms with Gasteiger partial charge in [-0.1, -0.05) is 34.1 Å². The Labute approximate surface area is 92.3 Å². The molecule has 0 unspecified atom stereocenters. The second kappa shape index (κ2) is 5.36. The van der Waals surface area contributed by atoms with Crippen LogP contribution in [0.4, 0.5) is 0 Å². The molecule has 0 aromatic heterocycles. The van der Waals surface area contributed by atoms with Gasteiger partial charge in [-0.3, -0.25) is 0 Å². The summed E-state index contributed by atoms with van der Waals surface area (Å²) in [4.78, 5) is 0. The fourth-order valence-corrected chi connectivity index (χ4v) is 2.53. The first-order valence-electron chi connectivity index (χ1n) is 4.17. The monoisotopic (exact) mass is 278 g/mol. The van der Waals surface area contributed by atoms with Crippen molar-refractivity contribution in [3.05, 3.63) is 30.3 Å². The highest BCUT2D eigenvalue weighted by atomic mass is 79.9. The van der Waals surface area contributed by atoms with E-state index >= 15 is 0 Å². The summed E-state index contributed by atoms with van der Waals surface area (Å²) in [5.74, 6) is 0.398. The van der Waals surface area contributed by atoms with E-state index in [1.165, 1.54) is 0 Å². The standard InChI is InChI=1S/C9H11BrO3S/c10-7-4-8-14(11,12)13-9-5-2-1-3-6-9/h1-3,5-6H,4,7-8H2. The van der Waals surface area contributed by atoms with Crippen LogP contribution in [0.15, 0.2) is 30.3 Å². The fourth-order valence-electron chi connectivity index (χ4n) is 0.896. The molecule has 0 radical (unpaired) electrons. The number of rotatable bonds is 5. The van der Waals surface area contributed by atoms with Crippen molar-refractivity contribution in [1.82, 2.24) is 0 Å². The van der Waals surface area contributed by atoms with Crippen molar-refractivity contribution in [2.45, 2.75) is 6.42 Å². The first-order valence-corrected chi connectivity index (χ1v) is 6.87. The summed E-state index contributed by atoms with van der Waals surface area (Å²) in [6.45, 7) is 0. The maximum absolute atomic E-state index is 11.3. The van der Waals surface area contributed by atoms with Crippen molar-refractivity contribution in [2.24, 2.45) is 0 Å². The minimum absolute atomic E-state index is 0.0349. The molecule has 0 N–H and O–H groups in total. The van der Waals surface area contributed by atoms with Gasteiger partial charge in [0.2, 0.25) is 0 Å². The van der Waals surface area contributed by atoms with Crippen LogP contribution in [0.3, 0.4) is 0 Å². The molecule has 0 bridgehead atoms. The second-order valence-corrected chi connectivity index (χ2v) is 5.18. The molecular formula is C9H11BrO3S. The van der Waals surface area contributed by atoms with Crippen molar-refractivity contribution in [2.75, 3.05) is 11.1 Å². The molecule has 0 aliphatic rings. The Morgan fingerprint density at radius 2 is 1.86 bits per heavy atom. The average molecular weight is 279 g/mol. The molecule has 14 heavy (non-hydrogen) atoms. The van der Waals surface area contributed by atoms with Crippen LogP contribution in [0, 0.1) is 0 Å². The van der Waals surface area contributed by atoms with Gasteiger partial charge in [0.1, 0.15) is 5.75 Å². The third-order valence-corrected chi connectivity index (χ3v) is 3.29. The summed E-state index contributed by atoms with van der Waals surface area (Å²) in [6.07, 6.45) is 0.551. The maximum Gasteiger partial charge on any atom is 0.309 e. The zero-order chi connectivity index (χ0) is 10.4. The Bertz CT molecular complexity index is 361. The fraction of sp³-hybridized carbons (Fsp3) is 0.333. The number of hydrogen-bond donors (Lipinski definition) is 0. The topological polar surface area (TPSA) is 43.4 Å². The lowest BCUT2D eigenvalue weighted by Crippen LogP contribution is -2.13. The van der Waals surface area contributed by atoms with E-state index in [0.717, 1.165) is 0 Å². The normalized spacial score (nSPS) is 11.2. The van der Waals surface area contributed by atoms with Crippen LogP contribution in [0.5, 0.6) is 5.75 Å². The summed E-state index contributed by atoms with van der Waals surface area (Å²) in [6, 6.07) is 8.50. The van der Waals surface area contributed by atoms with Crippen molar-refractivity contribution in [3.63, 3.8) is 0 Å². The smallest absolute Gasteiger partial charge is 0.309 e. The zero-order valence-corrected chi connectivity index (χ0v) is 9.92. The highest BCUT2D eigenvalue weighted by Crippen LogP contribution is 2.12. The molecule has 0 spiro atoms. The van der Waals surface area contributed by atoms with E-state index in [-0.39, 0.29) is 5.75 Å². The van der Waals surface area contributed by atoms with E-state index in [1.807, 2.05) is 0 Å². The highest BCUT2D eigenvalue weighted by Gasteiger charge is 2.11. The van der Waals surface area contributed by atoms with Gasteiger partial charge in [-0.25, -0.2) is 0 Å². The van der Waals surface area contributed by atoms with E-state index < -0.39 is 10.1 Å². The molecule has 78 valence electrons. The quantitative estimate of drug-likeness (QED) is 0.613. The molecule has 0 amide bonds. The molecule has 0 heterocycles. The van der Waals surface area contributed by atoms with Crippen molar-refractivity contribution < 1.29 is 12.6 Å². The van der Waals surface area contributed by atoms with Gasteiger partial charge < -0.3 is 4.18 Å². The lowest BCUT2D eigenvalue weighted by atomic mass is 10.3. The molecule has 0 atom stereocenters. The maximum atomic E-state index is 11.3. The van der Waals surface area contributed by atoms with E-state index in [1.54, 1.807) is 30.3 Å². The zero-order valence-electron chi connectivity index (χ0n) is 7.52. The van der Waals surface area contributed by atoms with Crippen molar-refractivity contribution in [3.8, 4) is 5.75 Å². The lowest BCUT2D eigenvalue weighted by Gasteiger charge is -2.05. The molecule has 0 saturated heterocycles. The number of alkyl halides is 1. The van der Waals surface area contributed by atoms with Crippen LogP contribution in [-0.4, -0.2) is 19.5 Å². The molecule has 0 fully saturated rings. The van der Waals surface area contributed by atoms with Crippen molar-refractivity contribution >= 4 is 26.0 Å². The third kappa shape index (κ3) is 4.11. The number of para-hydroxylation sites is 1. The van der Waals surface area contributed by atoms with Gasteiger partial charge in [0.25, 0.3) is 0 Å². The number of halogens is 1. The Hall–Kier alpha value is -0.550. The average Bonchev–Trinajstić information content (AvgIpc) is 2.16. The summed E-state index contributed by atoms with van der Waals surface area (Å²) in [7, 11) is -3.43. The minimum Gasteiger partial charge on any atom is -0.382 e. The molecule has 1 aromatic rings. The molecule has 5 heteroatoms. The van der Waals surface area contributed by atoms with E-state index in [4.69, 9.17) is 4.18 Å². The summed E-state index contributed by atoms with van der Waals surface area (Å²) < 4.78 is 27.5. The van der Waals surface area contributed by atoms with Gasteiger partial charge in [0, 0.05) is 5.33 Å². The van der Waals surface area contributed by atoms with Gasteiger partial charge >= 0.3 is 10.1 Å². The largest absolute Gasteiger partial charge is 0.382 e. The second-order valence-electron chi connectivity index (χ2n) is 2.70. The first-order chi connectivity index (χ1) is 6.64. The predicted octanol–water partition coefficient (Wildman–Crippen LogP) is 2.18. The Kier molecular flexibility index (Phi) is 4.41. The Balaban J connectivity index is 2.60. The third-order valence-electron chi connectivity index (χ3n) is 1.49. The summed E-state index contributed by atoms with van der Waals surface area (Å²) in [5.41, 5.74) is 0. The van der Waals surface area contributed by atoms with E-state index in [0.29, 0.717) is 17.5 Å². The van der Waals surface area contributed by atoms with Crippen LogP contribution >= 0.6 is 15.9 Å². The Morgan fingerprint density at radius 1 is 1.21 bits per heavy atom. The van der Waals surface area contributed by atoms with Crippen LogP contribution in [-0.2, 0) is 10.1 Å². The van der Waals surface area contributed by atoms with Crippen molar-refractivity contribution in [1.29, 1.82) is 0 Å². The highest BCUT2D eigenvalue weighted by molar-refractivity contribution is 9.09. The van der Waals surface area contributed by atoms with Gasteiger partial charge in [-0.05, 0) is 18.6 Å². The van der Waals surface area contributed by atoms with Crippen LogP contribution in [0.25, 0.3) is 0 Å². The summed E-state index contributed by atoms with van der Waals surface area (Å²) >= 11 is 3.17. The van der Waals surface area contributed by atoms with Gasteiger partial charge in [-0.2, -0.15) is 8.42 Å². The molecule has 0 aliphatic carbocycles. The molecule has 3 nitrogen and oxygen atoms in total. The SMILES string of the molecule is O=S(=O)(CCCBr)Oc1ccccc1. The first kappa shape index (κ1) is 11.5. The van der Waals surface area contributed by atoms with Gasteiger partial charge in [-0.15, -0.1) is 0 Å². The number of benzene rings is 1. The van der Waals surface area contributed by atoms with E-state index in [9.17, 15) is 8.42 Å². The lowest BCUT2D eigenvalue weighted by molar-refractivity contribution is 0.485. The molecule has 0 saturated carbocycles. The molecule has 1 aromatic carbocycles. The summed E-state index contributed by atoms with van der Waals surface area (Å²) in [5, 5.41) is 0.657. The van der Waals surface area contributed by atoms with Crippen LogP contribution in [0.2, 0.25) is 0 Å². The Morgan fingerprint density at radius 3 is 2.43 bits per heavy atom. The number of hydrogen-bond acceptors (Lipinski definition) is 3. The van der Waals surface area contributed by atoms with Gasteiger partial charge in [0.05, 0.1) is 5.75 Å². The molecular weight excluding hydrogens is 268 g/mol. The molecule has 1 rings (SSSR count).